The molecule has 1 atom stereocenters. The van der Waals surface area contributed by atoms with Crippen LogP contribution in [-0.4, -0.2) is 57.3 Å². The first-order chi connectivity index (χ1) is 9.04. The topological polar surface area (TPSA) is 87.5 Å². The predicted octanol–water partition coefficient (Wildman–Crippen LogP) is -0.519. The second kappa shape index (κ2) is 5.40. The molecule has 1 aromatic rings. The number of aliphatic carboxylic acids is 1. The standard InChI is InChI=1S/C12H18N4O3/c1-3-9-8(7-15(2)14-9)11(17)16-5-4-13-6-10(16)12(18)19/h7,10,13H,3-6H2,1-2H3,(H,18,19). The Morgan fingerprint density at radius 2 is 2.32 bits per heavy atom. The Kier molecular flexibility index (Phi) is 3.84. The zero-order chi connectivity index (χ0) is 14.0. The van der Waals surface area contributed by atoms with Crippen LogP contribution in [0.25, 0.3) is 0 Å². The van der Waals surface area contributed by atoms with Crippen molar-refractivity contribution in [2.75, 3.05) is 19.6 Å². The summed E-state index contributed by atoms with van der Waals surface area (Å²) in [5.74, 6) is -1.23. The molecule has 1 saturated heterocycles. The van der Waals surface area contributed by atoms with Crippen LogP contribution in [0.2, 0.25) is 0 Å². The molecule has 1 aromatic heterocycles. The zero-order valence-corrected chi connectivity index (χ0v) is 11.1. The van der Waals surface area contributed by atoms with E-state index in [9.17, 15) is 14.7 Å². The molecule has 2 N–H and O–H groups in total. The highest BCUT2D eigenvalue weighted by Crippen LogP contribution is 2.14. The van der Waals surface area contributed by atoms with Gasteiger partial charge in [-0.3, -0.25) is 9.48 Å². The number of hydrogen-bond acceptors (Lipinski definition) is 4. The van der Waals surface area contributed by atoms with E-state index in [0.717, 1.165) is 0 Å². The molecule has 2 heterocycles. The number of aromatic nitrogens is 2. The molecular weight excluding hydrogens is 248 g/mol. The van der Waals surface area contributed by atoms with Gasteiger partial charge in [0, 0.05) is 32.9 Å². The van der Waals surface area contributed by atoms with Gasteiger partial charge in [0.2, 0.25) is 0 Å². The van der Waals surface area contributed by atoms with Gasteiger partial charge < -0.3 is 15.3 Å². The van der Waals surface area contributed by atoms with Gasteiger partial charge in [0.15, 0.2) is 0 Å². The van der Waals surface area contributed by atoms with Crippen molar-refractivity contribution in [1.82, 2.24) is 20.0 Å². The number of amides is 1. The second-order valence-electron chi connectivity index (χ2n) is 4.57. The molecule has 1 aliphatic heterocycles. The van der Waals surface area contributed by atoms with E-state index in [1.54, 1.807) is 17.9 Å². The fourth-order valence-electron chi connectivity index (χ4n) is 2.30. The first-order valence-electron chi connectivity index (χ1n) is 6.31. The molecule has 0 bridgehead atoms. The molecule has 1 amide bonds. The van der Waals surface area contributed by atoms with Gasteiger partial charge in [-0.05, 0) is 6.42 Å². The van der Waals surface area contributed by atoms with Gasteiger partial charge in [-0.2, -0.15) is 5.10 Å². The van der Waals surface area contributed by atoms with Crippen LogP contribution in [0.3, 0.4) is 0 Å². The summed E-state index contributed by atoms with van der Waals surface area (Å²) in [5.41, 5.74) is 1.20. The fourth-order valence-corrected chi connectivity index (χ4v) is 2.30. The minimum atomic E-state index is -0.984. The van der Waals surface area contributed by atoms with E-state index in [-0.39, 0.29) is 12.5 Å². The molecule has 0 aromatic carbocycles. The third kappa shape index (κ3) is 2.60. The third-order valence-electron chi connectivity index (χ3n) is 3.26. The minimum Gasteiger partial charge on any atom is -0.480 e. The zero-order valence-electron chi connectivity index (χ0n) is 11.1. The average molecular weight is 266 g/mol. The van der Waals surface area contributed by atoms with Crippen molar-refractivity contribution in [1.29, 1.82) is 0 Å². The van der Waals surface area contributed by atoms with Gasteiger partial charge in [0.05, 0.1) is 11.3 Å². The monoisotopic (exact) mass is 266 g/mol. The van der Waals surface area contributed by atoms with Crippen LogP contribution >= 0.6 is 0 Å². The molecule has 0 saturated carbocycles. The van der Waals surface area contributed by atoms with Crippen molar-refractivity contribution < 1.29 is 14.7 Å². The van der Waals surface area contributed by atoms with Gasteiger partial charge in [-0.25, -0.2) is 4.79 Å². The molecular formula is C12H18N4O3. The minimum absolute atomic E-state index is 0.251. The largest absolute Gasteiger partial charge is 0.480 e. The average Bonchev–Trinajstić information content (AvgIpc) is 2.79. The Morgan fingerprint density at radius 1 is 1.58 bits per heavy atom. The molecule has 104 valence electrons. The Hall–Kier alpha value is -1.89. The van der Waals surface area contributed by atoms with Crippen molar-refractivity contribution in [2.24, 2.45) is 7.05 Å². The third-order valence-corrected chi connectivity index (χ3v) is 3.26. The van der Waals surface area contributed by atoms with Crippen molar-refractivity contribution in [3.05, 3.63) is 17.5 Å². The lowest BCUT2D eigenvalue weighted by Gasteiger charge is -2.33. The SMILES string of the molecule is CCc1nn(C)cc1C(=O)N1CCNCC1C(=O)O. The highest BCUT2D eigenvalue weighted by Gasteiger charge is 2.33. The van der Waals surface area contributed by atoms with Crippen molar-refractivity contribution in [3.8, 4) is 0 Å². The van der Waals surface area contributed by atoms with E-state index in [0.29, 0.717) is 30.8 Å². The molecule has 19 heavy (non-hydrogen) atoms. The van der Waals surface area contributed by atoms with Gasteiger partial charge in [-0.1, -0.05) is 6.92 Å². The number of aryl methyl sites for hydroxylation is 2. The van der Waals surface area contributed by atoms with Crippen molar-refractivity contribution >= 4 is 11.9 Å². The van der Waals surface area contributed by atoms with Crippen LogP contribution in [0.15, 0.2) is 6.20 Å². The lowest BCUT2D eigenvalue weighted by Crippen LogP contribution is -2.57. The van der Waals surface area contributed by atoms with E-state index in [1.807, 2.05) is 6.92 Å². The normalized spacial score (nSPS) is 19.5. The van der Waals surface area contributed by atoms with E-state index >= 15 is 0 Å². The highest BCUT2D eigenvalue weighted by molar-refractivity contribution is 5.97. The number of carbonyl (C=O) groups is 2. The van der Waals surface area contributed by atoms with Gasteiger partial charge in [0.1, 0.15) is 6.04 Å². The maximum Gasteiger partial charge on any atom is 0.327 e. The molecule has 0 radical (unpaired) electrons. The van der Waals surface area contributed by atoms with E-state index in [4.69, 9.17) is 0 Å². The molecule has 1 fully saturated rings. The summed E-state index contributed by atoms with van der Waals surface area (Å²) < 4.78 is 1.59. The highest BCUT2D eigenvalue weighted by atomic mass is 16.4. The maximum absolute atomic E-state index is 12.5. The summed E-state index contributed by atoms with van der Waals surface area (Å²) >= 11 is 0. The molecule has 2 rings (SSSR count). The Morgan fingerprint density at radius 3 is 2.95 bits per heavy atom. The smallest absolute Gasteiger partial charge is 0.327 e. The number of hydrogen-bond donors (Lipinski definition) is 2. The number of carboxylic acid groups (broad SMARTS) is 1. The molecule has 0 spiro atoms. The summed E-state index contributed by atoms with van der Waals surface area (Å²) in [6.07, 6.45) is 2.30. The van der Waals surface area contributed by atoms with Gasteiger partial charge in [0.25, 0.3) is 5.91 Å². The van der Waals surface area contributed by atoms with E-state index in [2.05, 4.69) is 10.4 Å². The number of carbonyl (C=O) groups excluding carboxylic acids is 1. The maximum atomic E-state index is 12.5. The quantitative estimate of drug-likeness (QED) is 0.768. The van der Waals surface area contributed by atoms with Crippen LogP contribution in [0.4, 0.5) is 0 Å². The van der Waals surface area contributed by atoms with Crippen LogP contribution in [0, 0.1) is 0 Å². The van der Waals surface area contributed by atoms with Crippen LogP contribution < -0.4 is 5.32 Å². The Bertz CT molecular complexity index is 497. The fraction of sp³-hybridized carbons (Fsp3) is 0.583. The van der Waals surface area contributed by atoms with Crippen LogP contribution in [0.1, 0.15) is 23.0 Å². The lowest BCUT2D eigenvalue weighted by atomic mass is 10.1. The number of nitrogens with zero attached hydrogens (tertiary/aromatic N) is 3. The van der Waals surface area contributed by atoms with Crippen LogP contribution in [-0.2, 0) is 18.3 Å². The number of carboxylic acids is 1. The summed E-state index contributed by atoms with van der Waals surface area (Å²) in [7, 11) is 1.75. The summed E-state index contributed by atoms with van der Waals surface area (Å²) in [6.45, 7) is 3.21. The molecule has 7 heteroatoms. The second-order valence-corrected chi connectivity index (χ2v) is 4.57. The van der Waals surface area contributed by atoms with Crippen molar-refractivity contribution in [2.45, 2.75) is 19.4 Å². The first-order valence-corrected chi connectivity index (χ1v) is 6.31. The summed E-state index contributed by atoms with van der Waals surface area (Å²) in [5, 5.41) is 16.4. The van der Waals surface area contributed by atoms with Crippen LogP contribution in [0.5, 0.6) is 0 Å². The van der Waals surface area contributed by atoms with E-state index < -0.39 is 12.0 Å². The molecule has 7 nitrogen and oxygen atoms in total. The first kappa shape index (κ1) is 13.5. The van der Waals surface area contributed by atoms with E-state index in [1.165, 1.54) is 4.90 Å². The van der Waals surface area contributed by atoms with Gasteiger partial charge in [-0.15, -0.1) is 0 Å². The summed E-state index contributed by atoms with van der Waals surface area (Å²) in [6, 6.07) is -0.814. The van der Waals surface area contributed by atoms with Crippen molar-refractivity contribution in [3.63, 3.8) is 0 Å². The number of rotatable bonds is 3. The molecule has 1 unspecified atom stereocenters. The predicted molar refractivity (Wildman–Crippen MR) is 67.9 cm³/mol. The van der Waals surface area contributed by atoms with Gasteiger partial charge >= 0.3 is 5.97 Å². The Labute approximate surface area is 111 Å². The lowest BCUT2D eigenvalue weighted by molar-refractivity contribution is -0.142. The number of piperazine rings is 1. The number of nitrogens with one attached hydrogen (secondary N) is 1. The molecule has 1 aliphatic rings. The summed E-state index contributed by atoms with van der Waals surface area (Å²) in [4.78, 5) is 25.1. The Balaban J connectivity index is 2.28. The molecule has 0 aliphatic carbocycles.